The lowest BCUT2D eigenvalue weighted by molar-refractivity contribution is 0.0387. The first-order valence-electron chi connectivity index (χ1n) is 21.3. The molecule has 2 saturated carbocycles. The Labute approximate surface area is 376 Å². The summed E-state index contributed by atoms with van der Waals surface area (Å²) in [5.41, 5.74) is 3.25. The number of esters is 1. The van der Waals surface area contributed by atoms with Gasteiger partial charge in [0.25, 0.3) is 5.91 Å². The number of nitrogens with zero attached hydrogens (tertiary/aromatic N) is 6. The molecule has 0 bridgehead atoms. The normalized spacial score (nSPS) is 18.1. The maximum atomic E-state index is 13.9. The summed E-state index contributed by atoms with van der Waals surface area (Å²) in [6.07, 6.45) is 9.82. The molecule has 1 N–H and O–H groups in total. The highest BCUT2D eigenvalue weighted by Crippen LogP contribution is 2.56. The van der Waals surface area contributed by atoms with Crippen LogP contribution >= 0.6 is 23.2 Å². The lowest BCUT2D eigenvalue weighted by Gasteiger charge is -2.32. The minimum atomic E-state index is -0.520. The van der Waals surface area contributed by atoms with Gasteiger partial charge in [0.2, 0.25) is 23.7 Å². The number of ether oxygens (including phenoxy) is 5. The van der Waals surface area contributed by atoms with Crippen molar-refractivity contribution in [2.75, 3.05) is 50.2 Å². The Bertz CT molecular complexity index is 2470. The topological polar surface area (TPSA) is 150 Å². The number of rotatable bonds is 15. The zero-order chi connectivity index (χ0) is 43.6. The molecule has 4 heterocycles. The van der Waals surface area contributed by atoms with E-state index in [1.165, 1.54) is 25.2 Å². The first kappa shape index (κ1) is 42.4. The van der Waals surface area contributed by atoms with Crippen LogP contribution in [-0.2, 0) is 24.5 Å². The maximum absolute atomic E-state index is 13.9. The molecule has 2 aliphatic carbocycles. The molecule has 16 heteroatoms. The van der Waals surface area contributed by atoms with E-state index < -0.39 is 5.97 Å². The molecule has 0 radical (unpaired) electrons. The number of piperidine rings is 2. The third kappa shape index (κ3) is 9.57. The van der Waals surface area contributed by atoms with Crippen molar-refractivity contribution in [3.05, 3.63) is 117 Å². The van der Waals surface area contributed by atoms with Gasteiger partial charge in [0, 0.05) is 44.3 Å². The summed E-state index contributed by atoms with van der Waals surface area (Å²) < 4.78 is 29.2. The van der Waals surface area contributed by atoms with Crippen molar-refractivity contribution < 1.29 is 33.3 Å². The molecule has 2 saturated heterocycles. The van der Waals surface area contributed by atoms with Crippen molar-refractivity contribution in [3.8, 4) is 23.3 Å². The number of amides is 1. The predicted molar refractivity (Wildman–Crippen MR) is 237 cm³/mol. The van der Waals surface area contributed by atoms with Gasteiger partial charge in [0.1, 0.15) is 41.9 Å². The van der Waals surface area contributed by atoms with Gasteiger partial charge in [-0.25, -0.2) is 14.8 Å². The van der Waals surface area contributed by atoms with Crippen molar-refractivity contribution in [2.45, 2.75) is 70.8 Å². The van der Waals surface area contributed by atoms with Crippen molar-refractivity contribution in [1.82, 2.24) is 25.3 Å². The molecule has 4 fully saturated rings. The van der Waals surface area contributed by atoms with Crippen LogP contribution in [0.5, 0.6) is 23.3 Å². The third-order valence-corrected chi connectivity index (χ3v) is 13.5. The second kappa shape index (κ2) is 18.1. The smallest absolute Gasteiger partial charge is 0.345 e. The van der Waals surface area contributed by atoms with Crippen molar-refractivity contribution in [3.63, 3.8) is 0 Å². The van der Waals surface area contributed by atoms with E-state index in [4.69, 9.17) is 56.9 Å². The van der Waals surface area contributed by atoms with E-state index in [0.717, 1.165) is 61.9 Å². The quantitative estimate of drug-likeness (QED) is 0.101. The summed E-state index contributed by atoms with van der Waals surface area (Å²) in [4.78, 5) is 50.4. The van der Waals surface area contributed by atoms with Crippen LogP contribution in [-0.4, -0.2) is 78.3 Å². The average molecular weight is 895 g/mol. The molecule has 2 aliphatic heterocycles. The number of methoxy groups -OCH3 is 2. The lowest BCUT2D eigenvalue weighted by atomic mass is 9.93. The molecule has 14 nitrogen and oxygen atoms in total. The van der Waals surface area contributed by atoms with Crippen LogP contribution < -0.4 is 34.1 Å². The Morgan fingerprint density at radius 1 is 0.698 bits per heavy atom. The summed E-state index contributed by atoms with van der Waals surface area (Å²) in [6, 6.07) is 20.4. The summed E-state index contributed by atoms with van der Waals surface area (Å²) in [5, 5.41) is 3.87. The Hall–Kier alpha value is -5.86. The van der Waals surface area contributed by atoms with Gasteiger partial charge >= 0.3 is 5.97 Å². The highest BCUT2D eigenvalue weighted by Gasteiger charge is 2.58. The SMILES string of the molecule is COc1ccc(COc2nc(N3CCC4(CC3)CC4OC(=O)c3cnc(N4CCC5(CC4)CC5)nc3OCc3ccc(OC)c(Cl)c3)ncc2C(=O)NCc2ccccc2)cc1Cl. The Morgan fingerprint density at radius 3 is 1.78 bits per heavy atom. The Kier molecular flexibility index (Phi) is 12.2. The lowest BCUT2D eigenvalue weighted by Crippen LogP contribution is -2.37. The van der Waals surface area contributed by atoms with Crippen molar-refractivity contribution >= 4 is 47.0 Å². The molecule has 5 aromatic rings. The van der Waals surface area contributed by atoms with Crippen LogP contribution in [0.1, 0.15) is 82.4 Å². The van der Waals surface area contributed by atoms with Crippen LogP contribution in [0, 0.1) is 10.8 Å². The first-order valence-corrected chi connectivity index (χ1v) is 22.1. The largest absolute Gasteiger partial charge is 0.495 e. The van der Waals surface area contributed by atoms with Gasteiger partial charge in [-0.05, 0) is 91.3 Å². The Morgan fingerprint density at radius 2 is 1.24 bits per heavy atom. The van der Waals surface area contributed by atoms with Gasteiger partial charge in [-0.15, -0.1) is 0 Å². The molecule has 9 rings (SSSR count). The number of halogens is 2. The van der Waals surface area contributed by atoms with E-state index in [-0.39, 0.29) is 53.5 Å². The van der Waals surface area contributed by atoms with E-state index >= 15 is 0 Å². The van der Waals surface area contributed by atoms with Gasteiger partial charge in [-0.2, -0.15) is 9.97 Å². The first-order chi connectivity index (χ1) is 30.6. The minimum Gasteiger partial charge on any atom is -0.495 e. The van der Waals surface area contributed by atoms with Crippen LogP contribution in [0.3, 0.4) is 0 Å². The second-order valence-corrected chi connectivity index (χ2v) is 17.7. The summed E-state index contributed by atoms with van der Waals surface area (Å²) in [6.45, 7) is 3.56. The standard InChI is InChI=1S/C47H49Cl2N7O7/c1-59-37-10-8-31(22-35(37)48)28-61-41-33(40(57)50-25-30-6-4-3-5-7-30)26-51-44(53-41)56-20-16-47(17-21-56)24-39(47)63-43(58)34-27-52-45(55-18-14-46(12-13-46)15-19-55)54-42(34)62-29-32-9-11-38(60-2)36(49)23-32/h3-11,22-23,26-27,39H,12-21,24-25,28-29H2,1-2H3,(H,50,57). The van der Waals surface area contributed by atoms with E-state index in [0.29, 0.717) is 58.5 Å². The van der Waals surface area contributed by atoms with Crippen molar-refractivity contribution in [1.29, 1.82) is 0 Å². The van der Waals surface area contributed by atoms with E-state index in [1.54, 1.807) is 38.5 Å². The molecule has 3 aromatic carbocycles. The number of carbonyl (C=O) groups excluding carboxylic acids is 2. The van der Waals surface area contributed by atoms with E-state index in [2.05, 4.69) is 25.1 Å². The van der Waals surface area contributed by atoms with Gasteiger partial charge < -0.3 is 38.8 Å². The van der Waals surface area contributed by atoms with Gasteiger partial charge in [0.15, 0.2) is 0 Å². The summed E-state index contributed by atoms with van der Waals surface area (Å²) in [5.74, 6) is 1.56. The molecular weight excluding hydrogens is 845 g/mol. The highest BCUT2D eigenvalue weighted by atomic mass is 35.5. The van der Waals surface area contributed by atoms with Crippen LogP contribution in [0.2, 0.25) is 10.0 Å². The maximum Gasteiger partial charge on any atom is 0.345 e. The van der Waals surface area contributed by atoms with Crippen LogP contribution in [0.4, 0.5) is 11.9 Å². The molecule has 63 heavy (non-hydrogen) atoms. The molecule has 328 valence electrons. The predicted octanol–water partition coefficient (Wildman–Crippen LogP) is 8.27. The number of anilines is 2. The van der Waals surface area contributed by atoms with E-state index in [9.17, 15) is 9.59 Å². The summed E-state index contributed by atoms with van der Waals surface area (Å²) in [7, 11) is 3.12. The number of aromatic nitrogens is 4. The zero-order valence-electron chi connectivity index (χ0n) is 35.3. The molecule has 1 atom stereocenters. The van der Waals surface area contributed by atoms with Gasteiger partial charge in [-0.1, -0.05) is 65.7 Å². The fraction of sp³-hybridized carbons (Fsp3) is 0.404. The van der Waals surface area contributed by atoms with Gasteiger partial charge in [-0.3, -0.25) is 4.79 Å². The zero-order valence-corrected chi connectivity index (χ0v) is 36.8. The molecule has 2 aromatic heterocycles. The fourth-order valence-corrected chi connectivity index (χ4v) is 9.08. The summed E-state index contributed by atoms with van der Waals surface area (Å²) >= 11 is 12.8. The Balaban J connectivity index is 0.863. The van der Waals surface area contributed by atoms with Crippen LogP contribution in [0.15, 0.2) is 79.1 Å². The average Bonchev–Trinajstić information content (AvgIpc) is 4.23. The highest BCUT2D eigenvalue weighted by molar-refractivity contribution is 6.32. The third-order valence-electron chi connectivity index (χ3n) is 12.9. The number of hydrogen-bond acceptors (Lipinski definition) is 13. The number of carbonyl (C=O) groups is 2. The molecule has 1 amide bonds. The fourth-order valence-electron chi connectivity index (χ4n) is 8.52. The number of benzene rings is 3. The second-order valence-electron chi connectivity index (χ2n) is 16.9. The molecule has 4 aliphatic rings. The monoisotopic (exact) mass is 893 g/mol. The van der Waals surface area contributed by atoms with E-state index in [1.807, 2.05) is 42.5 Å². The number of nitrogens with one attached hydrogen (secondary N) is 1. The molecule has 1 unspecified atom stereocenters. The molecular formula is C47H49Cl2N7O7. The minimum absolute atomic E-state index is 0.116. The van der Waals surface area contributed by atoms with Gasteiger partial charge in [0.05, 0.1) is 30.5 Å². The molecule has 2 spiro atoms. The van der Waals surface area contributed by atoms with Crippen molar-refractivity contribution in [2.24, 2.45) is 10.8 Å². The number of hydrogen-bond donors (Lipinski definition) is 1. The van der Waals surface area contributed by atoms with Crippen LogP contribution in [0.25, 0.3) is 0 Å².